The van der Waals surface area contributed by atoms with Crippen LogP contribution in [0.1, 0.15) is 39.7 Å². The van der Waals surface area contributed by atoms with Crippen molar-refractivity contribution in [3.63, 3.8) is 0 Å². The molecule has 0 amide bonds. The van der Waals surface area contributed by atoms with Crippen LogP contribution in [-0.2, 0) is 6.42 Å². The number of benzene rings is 1. The van der Waals surface area contributed by atoms with Crippen LogP contribution in [-0.4, -0.2) is 19.7 Å². The van der Waals surface area contributed by atoms with E-state index < -0.39 is 0 Å². The van der Waals surface area contributed by atoms with Crippen LogP contribution in [0.25, 0.3) is 0 Å². The van der Waals surface area contributed by atoms with Gasteiger partial charge in [0.1, 0.15) is 5.75 Å². The Labute approximate surface area is 112 Å². The van der Waals surface area contributed by atoms with Crippen LogP contribution in [0, 0.1) is 5.41 Å². The first-order valence-corrected chi connectivity index (χ1v) is 6.77. The van der Waals surface area contributed by atoms with Crippen LogP contribution in [0.5, 0.6) is 5.75 Å². The average Bonchev–Trinajstić information content (AvgIpc) is 2.33. The third-order valence-electron chi connectivity index (χ3n) is 3.01. The van der Waals surface area contributed by atoms with E-state index in [1.54, 1.807) is 7.11 Å². The molecule has 1 N–H and O–H groups in total. The summed E-state index contributed by atoms with van der Waals surface area (Å²) in [4.78, 5) is 0. The molecule has 102 valence electrons. The molecule has 1 atom stereocenters. The van der Waals surface area contributed by atoms with Gasteiger partial charge < -0.3 is 10.1 Å². The fraction of sp³-hybridized carbons (Fsp3) is 0.625. The number of rotatable bonds is 6. The normalized spacial score (nSPS) is 13.4. The molecule has 1 rings (SSSR count). The van der Waals surface area contributed by atoms with Crippen LogP contribution in [0.2, 0.25) is 0 Å². The van der Waals surface area contributed by atoms with Crippen molar-refractivity contribution in [1.82, 2.24) is 5.32 Å². The second-order valence-corrected chi connectivity index (χ2v) is 6.23. The summed E-state index contributed by atoms with van der Waals surface area (Å²) in [7, 11) is 1.70. The Morgan fingerprint density at radius 1 is 1.17 bits per heavy atom. The minimum atomic E-state index is 0.356. The number of aryl methyl sites for hydroxylation is 1. The standard InChI is InChI=1S/C16H27NO/c1-13(17-12-16(2,3)4)6-7-14-8-10-15(18-5)11-9-14/h8-11,13,17H,6-7,12H2,1-5H3. The highest BCUT2D eigenvalue weighted by Crippen LogP contribution is 2.14. The van der Waals surface area contributed by atoms with Gasteiger partial charge in [-0.15, -0.1) is 0 Å². The number of ether oxygens (including phenoxy) is 1. The summed E-state index contributed by atoms with van der Waals surface area (Å²) >= 11 is 0. The van der Waals surface area contributed by atoms with E-state index in [1.165, 1.54) is 12.0 Å². The van der Waals surface area contributed by atoms with E-state index in [0.717, 1.165) is 18.7 Å². The molecular formula is C16H27NO. The molecule has 0 spiro atoms. The maximum atomic E-state index is 5.16. The monoisotopic (exact) mass is 249 g/mol. The minimum Gasteiger partial charge on any atom is -0.497 e. The van der Waals surface area contributed by atoms with E-state index in [2.05, 4.69) is 45.1 Å². The van der Waals surface area contributed by atoms with E-state index in [1.807, 2.05) is 12.1 Å². The smallest absolute Gasteiger partial charge is 0.118 e. The highest BCUT2D eigenvalue weighted by molar-refractivity contribution is 5.27. The zero-order valence-corrected chi connectivity index (χ0v) is 12.4. The van der Waals surface area contributed by atoms with Gasteiger partial charge in [0.05, 0.1) is 7.11 Å². The Balaban J connectivity index is 2.31. The molecular weight excluding hydrogens is 222 g/mol. The lowest BCUT2D eigenvalue weighted by molar-refractivity contribution is 0.351. The summed E-state index contributed by atoms with van der Waals surface area (Å²) in [6.07, 6.45) is 2.28. The molecule has 18 heavy (non-hydrogen) atoms. The zero-order valence-electron chi connectivity index (χ0n) is 12.4. The molecule has 2 heteroatoms. The quantitative estimate of drug-likeness (QED) is 0.831. The third-order valence-corrected chi connectivity index (χ3v) is 3.01. The average molecular weight is 249 g/mol. The van der Waals surface area contributed by atoms with Gasteiger partial charge in [-0.25, -0.2) is 0 Å². The van der Waals surface area contributed by atoms with Crippen molar-refractivity contribution in [2.75, 3.05) is 13.7 Å². The first kappa shape index (κ1) is 15.0. The molecule has 0 aliphatic heterocycles. The first-order valence-electron chi connectivity index (χ1n) is 6.77. The van der Waals surface area contributed by atoms with E-state index >= 15 is 0 Å². The number of hydrogen-bond donors (Lipinski definition) is 1. The van der Waals surface area contributed by atoms with Crippen molar-refractivity contribution in [3.05, 3.63) is 29.8 Å². The summed E-state index contributed by atoms with van der Waals surface area (Å²) in [5.41, 5.74) is 1.73. The SMILES string of the molecule is COc1ccc(CCC(C)NCC(C)(C)C)cc1. The molecule has 0 aliphatic rings. The summed E-state index contributed by atoms with van der Waals surface area (Å²) in [5.74, 6) is 0.928. The summed E-state index contributed by atoms with van der Waals surface area (Å²) < 4.78 is 5.16. The van der Waals surface area contributed by atoms with Crippen molar-refractivity contribution < 1.29 is 4.74 Å². The van der Waals surface area contributed by atoms with Gasteiger partial charge in [-0.3, -0.25) is 0 Å². The number of nitrogens with one attached hydrogen (secondary N) is 1. The van der Waals surface area contributed by atoms with Gasteiger partial charge in [-0.05, 0) is 42.9 Å². The van der Waals surface area contributed by atoms with Gasteiger partial charge in [0.25, 0.3) is 0 Å². The Morgan fingerprint density at radius 2 is 1.78 bits per heavy atom. The lowest BCUT2D eigenvalue weighted by atomic mass is 9.96. The third kappa shape index (κ3) is 6.06. The van der Waals surface area contributed by atoms with Crippen LogP contribution < -0.4 is 10.1 Å². The van der Waals surface area contributed by atoms with E-state index in [9.17, 15) is 0 Å². The molecule has 0 aromatic heterocycles. The Morgan fingerprint density at radius 3 is 2.28 bits per heavy atom. The molecule has 0 fully saturated rings. The molecule has 0 heterocycles. The molecule has 0 saturated heterocycles. The van der Waals surface area contributed by atoms with Crippen LogP contribution in [0.15, 0.2) is 24.3 Å². The van der Waals surface area contributed by atoms with Gasteiger partial charge in [0.15, 0.2) is 0 Å². The second kappa shape index (κ2) is 6.79. The highest BCUT2D eigenvalue weighted by atomic mass is 16.5. The molecule has 0 saturated carbocycles. The van der Waals surface area contributed by atoms with Crippen LogP contribution >= 0.6 is 0 Å². The Hall–Kier alpha value is -1.02. The second-order valence-electron chi connectivity index (χ2n) is 6.23. The van der Waals surface area contributed by atoms with Gasteiger partial charge in [-0.2, -0.15) is 0 Å². The predicted octanol–water partition coefficient (Wildman–Crippen LogP) is 3.65. The largest absolute Gasteiger partial charge is 0.497 e. The molecule has 0 radical (unpaired) electrons. The lowest BCUT2D eigenvalue weighted by Gasteiger charge is -2.22. The molecule has 0 bridgehead atoms. The van der Waals surface area contributed by atoms with E-state index in [0.29, 0.717) is 11.5 Å². The van der Waals surface area contributed by atoms with Crippen molar-refractivity contribution in [3.8, 4) is 5.75 Å². The lowest BCUT2D eigenvalue weighted by Crippen LogP contribution is -2.34. The van der Waals surface area contributed by atoms with Crippen LogP contribution in [0.3, 0.4) is 0 Å². The van der Waals surface area contributed by atoms with E-state index in [-0.39, 0.29) is 0 Å². The van der Waals surface area contributed by atoms with Gasteiger partial charge in [0.2, 0.25) is 0 Å². The Bertz CT molecular complexity index is 337. The van der Waals surface area contributed by atoms with Crippen molar-refractivity contribution in [2.24, 2.45) is 5.41 Å². The summed E-state index contributed by atoms with van der Waals surface area (Å²) in [5, 5.41) is 3.59. The molecule has 1 unspecified atom stereocenters. The highest BCUT2D eigenvalue weighted by Gasteiger charge is 2.11. The fourth-order valence-corrected chi connectivity index (χ4v) is 1.76. The van der Waals surface area contributed by atoms with Crippen molar-refractivity contribution in [2.45, 2.75) is 46.6 Å². The minimum absolute atomic E-state index is 0.356. The van der Waals surface area contributed by atoms with Gasteiger partial charge in [0, 0.05) is 12.6 Å². The molecule has 0 aliphatic carbocycles. The van der Waals surface area contributed by atoms with Gasteiger partial charge >= 0.3 is 0 Å². The maximum absolute atomic E-state index is 5.16. The molecule has 1 aromatic carbocycles. The molecule has 1 aromatic rings. The Kier molecular flexibility index (Phi) is 5.67. The van der Waals surface area contributed by atoms with Crippen molar-refractivity contribution in [1.29, 1.82) is 0 Å². The first-order chi connectivity index (χ1) is 8.40. The van der Waals surface area contributed by atoms with Crippen LogP contribution in [0.4, 0.5) is 0 Å². The fourth-order valence-electron chi connectivity index (χ4n) is 1.76. The number of hydrogen-bond acceptors (Lipinski definition) is 2. The zero-order chi connectivity index (χ0) is 13.6. The van der Waals surface area contributed by atoms with E-state index in [4.69, 9.17) is 4.74 Å². The summed E-state index contributed by atoms with van der Waals surface area (Å²) in [6, 6.07) is 8.92. The topological polar surface area (TPSA) is 21.3 Å². The summed E-state index contributed by atoms with van der Waals surface area (Å²) in [6.45, 7) is 10.1. The molecule has 2 nitrogen and oxygen atoms in total. The maximum Gasteiger partial charge on any atom is 0.118 e. The van der Waals surface area contributed by atoms with Crippen molar-refractivity contribution >= 4 is 0 Å². The van der Waals surface area contributed by atoms with Gasteiger partial charge in [-0.1, -0.05) is 32.9 Å². The number of methoxy groups -OCH3 is 1. The predicted molar refractivity (Wildman–Crippen MR) is 78.2 cm³/mol.